The molecule has 96 valence electrons. The number of nitrogens with zero attached hydrogens (tertiary/aromatic N) is 2. The maximum absolute atomic E-state index is 11.8. The van der Waals surface area contributed by atoms with E-state index in [0.29, 0.717) is 12.6 Å². The molecule has 1 unspecified atom stereocenters. The molecule has 0 aliphatic rings. The van der Waals surface area contributed by atoms with Gasteiger partial charge < -0.3 is 5.32 Å². The molecule has 0 saturated heterocycles. The number of rotatable bonds is 5. The number of aryl methyl sites for hydroxylation is 1. The van der Waals surface area contributed by atoms with Crippen molar-refractivity contribution in [3.05, 3.63) is 26.3 Å². The van der Waals surface area contributed by atoms with Crippen molar-refractivity contribution >= 4 is 15.9 Å². The Balaban J connectivity index is 2.78. The third-order valence-corrected chi connectivity index (χ3v) is 4.12. The van der Waals surface area contributed by atoms with Gasteiger partial charge in [0.1, 0.15) is 0 Å². The highest BCUT2D eigenvalue weighted by Crippen LogP contribution is 2.16. The third-order valence-electron chi connectivity index (χ3n) is 2.98. The van der Waals surface area contributed by atoms with Crippen LogP contribution in [0.15, 0.2) is 9.27 Å². The summed E-state index contributed by atoms with van der Waals surface area (Å²) in [6, 6.07) is 0.479. The monoisotopic (exact) mass is 301 g/mol. The van der Waals surface area contributed by atoms with Crippen molar-refractivity contribution in [3.8, 4) is 0 Å². The molecule has 1 heterocycles. The Morgan fingerprint density at radius 2 is 2.12 bits per heavy atom. The molecule has 0 amide bonds. The number of halogens is 1. The first-order valence-corrected chi connectivity index (χ1v) is 6.73. The van der Waals surface area contributed by atoms with Crippen molar-refractivity contribution in [2.24, 2.45) is 0 Å². The van der Waals surface area contributed by atoms with E-state index in [9.17, 15) is 4.79 Å². The van der Waals surface area contributed by atoms with Gasteiger partial charge in [-0.2, -0.15) is 4.98 Å². The average molecular weight is 302 g/mol. The van der Waals surface area contributed by atoms with Crippen molar-refractivity contribution in [1.29, 1.82) is 0 Å². The molecule has 5 heteroatoms. The zero-order valence-electron chi connectivity index (χ0n) is 10.9. The largest absolute Gasteiger partial charge is 0.348 e. The smallest absolute Gasteiger partial charge is 0.312 e. The lowest BCUT2D eigenvalue weighted by atomic mass is 10.2. The molecule has 1 N–H and O–H groups in total. The fourth-order valence-corrected chi connectivity index (χ4v) is 1.91. The fourth-order valence-electron chi connectivity index (χ4n) is 1.61. The van der Waals surface area contributed by atoms with E-state index < -0.39 is 0 Å². The van der Waals surface area contributed by atoms with Crippen LogP contribution in [0.5, 0.6) is 0 Å². The van der Waals surface area contributed by atoms with E-state index in [4.69, 9.17) is 0 Å². The highest BCUT2D eigenvalue weighted by molar-refractivity contribution is 9.10. The van der Waals surface area contributed by atoms with Crippen LogP contribution in [-0.4, -0.2) is 22.1 Å². The molecular formula is C12H20BrN3O. The normalized spacial score (nSPS) is 12.8. The minimum Gasteiger partial charge on any atom is -0.312 e. The van der Waals surface area contributed by atoms with Crippen LogP contribution in [0.1, 0.15) is 31.7 Å². The van der Waals surface area contributed by atoms with E-state index in [1.165, 1.54) is 0 Å². The van der Waals surface area contributed by atoms with Crippen molar-refractivity contribution < 1.29 is 0 Å². The minimum absolute atomic E-state index is 0.172. The fraction of sp³-hybridized carbons (Fsp3) is 0.667. The summed E-state index contributed by atoms with van der Waals surface area (Å²) < 4.78 is 2.62. The van der Waals surface area contributed by atoms with Gasteiger partial charge in [-0.3, -0.25) is 4.57 Å². The molecule has 1 rings (SSSR count). The second-order valence-corrected chi connectivity index (χ2v) is 5.09. The van der Waals surface area contributed by atoms with Gasteiger partial charge in [-0.25, -0.2) is 4.79 Å². The molecule has 0 fully saturated rings. The maximum Gasteiger partial charge on any atom is 0.348 e. The number of nitrogens with one attached hydrogen (secondary N) is 1. The second-order valence-electron chi connectivity index (χ2n) is 4.29. The minimum atomic E-state index is -0.172. The standard InChI is InChI=1S/C12H20BrN3O/c1-5-8(2)14-6-7-16-10(4)11(13)9(3)15-12(16)17/h8,14H,5-7H2,1-4H3. The van der Waals surface area contributed by atoms with E-state index in [-0.39, 0.29) is 5.69 Å². The van der Waals surface area contributed by atoms with Gasteiger partial charge >= 0.3 is 5.69 Å². The van der Waals surface area contributed by atoms with Crippen LogP contribution < -0.4 is 11.0 Å². The van der Waals surface area contributed by atoms with Gasteiger partial charge in [0.2, 0.25) is 0 Å². The van der Waals surface area contributed by atoms with Crippen LogP contribution in [0.3, 0.4) is 0 Å². The molecule has 0 radical (unpaired) electrons. The predicted molar refractivity (Wildman–Crippen MR) is 73.4 cm³/mol. The lowest BCUT2D eigenvalue weighted by Gasteiger charge is -2.15. The zero-order chi connectivity index (χ0) is 13.0. The lowest BCUT2D eigenvalue weighted by molar-refractivity contribution is 0.491. The number of hydrogen-bond acceptors (Lipinski definition) is 3. The van der Waals surface area contributed by atoms with Crippen molar-refractivity contribution in [2.75, 3.05) is 6.54 Å². The molecule has 0 bridgehead atoms. The molecule has 17 heavy (non-hydrogen) atoms. The molecule has 1 atom stereocenters. The van der Waals surface area contributed by atoms with Crippen LogP contribution in [-0.2, 0) is 6.54 Å². The van der Waals surface area contributed by atoms with Gasteiger partial charge in [0.15, 0.2) is 0 Å². The van der Waals surface area contributed by atoms with Crippen LogP contribution in [0.2, 0.25) is 0 Å². The first kappa shape index (κ1) is 14.4. The average Bonchev–Trinajstić information content (AvgIpc) is 2.30. The van der Waals surface area contributed by atoms with E-state index >= 15 is 0 Å². The molecule has 0 saturated carbocycles. The Labute approximate surface area is 111 Å². The van der Waals surface area contributed by atoms with E-state index in [1.807, 2.05) is 13.8 Å². The highest BCUT2D eigenvalue weighted by atomic mass is 79.9. The van der Waals surface area contributed by atoms with Gasteiger partial charge in [0.25, 0.3) is 0 Å². The molecular weight excluding hydrogens is 282 g/mol. The van der Waals surface area contributed by atoms with Gasteiger partial charge in [0, 0.05) is 24.8 Å². The first-order valence-electron chi connectivity index (χ1n) is 5.94. The Kier molecular flexibility index (Phi) is 5.33. The Morgan fingerprint density at radius 1 is 1.47 bits per heavy atom. The molecule has 0 aliphatic heterocycles. The highest BCUT2D eigenvalue weighted by Gasteiger charge is 2.08. The van der Waals surface area contributed by atoms with Gasteiger partial charge in [-0.1, -0.05) is 6.92 Å². The third kappa shape index (κ3) is 3.64. The van der Waals surface area contributed by atoms with E-state index in [2.05, 4.69) is 40.1 Å². The Morgan fingerprint density at radius 3 is 2.71 bits per heavy atom. The van der Waals surface area contributed by atoms with Crippen molar-refractivity contribution in [1.82, 2.24) is 14.9 Å². The van der Waals surface area contributed by atoms with Crippen LogP contribution >= 0.6 is 15.9 Å². The lowest BCUT2D eigenvalue weighted by Crippen LogP contribution is -2.34. The Hall–Kier alpha value is -0.680. The molecule has 0 aromatic carbocycles. The molecule has 0 aliphatic carbocycles. The summed E-state index contributed by atoms with van der Waals surface area (Å²) >= 11 is 3.46. The summed E-state index contributed by atoms with van der Waals surface area (Å²) in [7, 11) is 0. The second kappa shape index (κ2) is 6.31. The molecule has 1 aromatic heterocycles. The number of aromatic nitrogens is 2. The quantitative estimate of drug-likeness (QED) is 0.905. The van der Waals surface area contributed by atoms with Gasteiger partial charge in [0.05, 0.1) is 10.2 Å². The van der Waals surface area contributed by atoms with Crippen LogP contribution in [0.25, 0.3) is 0 Å². The summed E-state index contributed by atoms with van der Waals surface area (Å²) in [6.45, 7) is 9.48. The van der Waals surface area contributed by atoms with Crippen molar-refractivity contribution in [3.63, 3.8) is 0 Å². The number of hydrogen-bond donors (Lipinski definition) is 1. The maximum atomic E-state index is 11.8. The summed E-state index contributed by atoms with van der Waals surface area (Å²) in [5, 5.41) is 3.37. The summed E-state index contributed by atoms with van der Waals surface area (Å²) in [6.07, 6.45) is 1.09. The Bertz CT molecular complexity index is 442. The predicted octanol–water partition coefficient (Wildman–Crippen LogP) is 2.01. The van der Waals surface area contributed by atoms with E-state index in [1.54, 1.807) is 4.57 Å². The van der Waals surface area contributed by atoms with Crippen LogP contribution in [0, 0.1) is 13.8 Å². The molecule has 0 spiro atoms. The summed E-state index contributed by atoms with van der Waals surface area (Å²) in [4.78, 5) is 15.7. The molecule has 4 nitrogen and oxygen atoms in total. The van der Waals surface area contributed by atoms with E-state index in [0.717, 1.165) is 28.8 Å². The molecule has 1 aromatic rings. The van der Waals surface area contributed by atoms with Gasteiger partial charge in [-0.05, 0) is 43.1 Å². The van der Waals surface area contributed by atoms with Crippen molar-refractivity contribution in [2.45, 2.75) is 46.7 Å². The van der Waals surface area contributed by atoms with Crippen LogP contribution in [0.4, 0.5) is 0 Å². The summed E-state index contributed by atoms with van der Waals surface area (Å²) in [5.74, 6) is 0. The SMILES string of the molecule is CCC(C)NCCn1c(C)c(Br)c(C)nc1=O. The summed E-state index contributed by atoms with van der Waals surface area (Å²) in [5.41, 5.74) is 1.52. The topological polar surface area (TPSA) is 46.9 Å². The first-order chi connectivity index (χ1) is 7.97. The zero-order valence-corrected chi connectivity index (χ0v) is 12.5. The van der Waals surface area contributed by atoms with Gasteiger partial charge in [-0.15, -0.1) is 0 Å².